The molecule has 1 atom stereocenters. The van der Waals surface area contributed by atoms with E-state index in [0.29, 0.717) is 6.04 Å². The van der Waals surface area contributed by atoms with Gasteiger partial charge >= 0.3 is 0 Å². The first kappa shape index (κ1) is 15.9. The Hall–Kier alpha value is -1.01. The number of nitrogens with one attached hydrogen (secondary N) is 1. The lowest BCUT2D eigenvalue weighted by molar-refractivity contribution is 0.274. The van der Waals surface area contributed by atoms with Crippen molar-refractivity contribution in [2.45, 2.75) is 33.4 Å². The average molecular weight is 349 g/mol. The van der Waals surface area contributed by atoms with Crippen molar-refractivity contribution in [2.24, 2.45) is 5.41 Å². The van der Waals surface area contributed by atoms with Gasteiger partial charge in [0.05, 0.1) is 10.6 Å². The van der Waals surface area contributed by atoms with E-state index in [0.717, 1.165) is 17.2 Å². The number of hydrogen-bond acceptors (Lipinski definition) is 5. The molecule has 0 amide bonds. The number of nitrogens with zero attached hydrogens (tertiary/aromatic N) is 1. The lowest BCUT2D eigenvalue weighted by Crippen LogP contribution is -2.31. The molecule has 0 aliphatic carbocycles. The monoisotopic (exact) mass is 348 g/mol. The minimum atomic E-state index is 0.178. The van der Waals surface area contributed by atoms with Crippen LogP contribution < -0.4 is 5.32 Å². The topological polar surface area (TPSA) is 24.9 Å². The second-order valence-electron chi connectivity index (χ2n) is 6.32. The van der Waals surface area contributed by atoms with Gasteiger partial charge in [-0.3, -0.25) is 0 Å². The number of thiophene rings is 2. The fourth-order valence-corrected chi connectivity index (χ4v) is 5.08. The molecule has 0 spiro atoms. The van der Waals surface area contributed by atoms with Crippen molar-refractivity contribution < 1.29 is 0 Å². The van der Waals surface area contributed by atoms with Crippen LogP contribution in [-0.2, 0) is 6.54 Å². The summed E-state index contributed by atoms with van der Waals surface area (Å²) in [6.45, 7) is 7.65. The van der Waals surface area contributed by atoms with Gasteiger partial charge in [0, 0.05) is 22.8 Å². The maximum atomic E-state index is 4.76. The molecule has 1 N–H and O–H groups in total. The molecule has 3 aromatic rings. The summed E-state index contributed by atoms with van der Waals surface area (Å²) in [5.41, 5.74) is 1.30. The van der Waals surface area contributed by atoms with Gasteiger partial charge in [-0.05, 0) is 28.3 Å². The molecular formula is C17H20N2S3. The van der Waals surface area contributed by atoms with Gasteiger partial charge in [-0.2, -0.15) is 0 Å². The van der Waals surface area contributed by atoms with E-state index in [4.69, 9.17) is 4.98 Å². The van der Waals surface area contributed by atoms with Crippen molar-refractivity contribution in [3.63, 3.8) is 0 Å². The summed E-state index contributed by atoms with van der Waals surface area (Å²) < 4.78 is 0. The second kappa shape index (κ2) is 6.62. The van der Waals surface area contributed by atoms with Crippen LogP contribution in [0.4, 0.5) is 0 Å². The first-order valence-electron chi connectivity index (χ1n) is 7.29. The zero-order valence-corrected chi connectivity index (χ0v) is 15.4. The van der Waals surface area contributed by atoms with Crippen molar-refractivity contribution in [3.05, 3.63) is 51.0 Å². The van der Waals surface area contributed by atoms with Gasteiger partial charge in [-0.15, -0.1) is 34.0 Å². The van der Waals surface area contributed by atoms with Crippen LogP contribution in [0.25, 0.3) is 9.88 Å². The summed E-state index contributed by atoms with van der Waals surface area (Å²) in [6, 6.07) is 8.89. The fraction of sp³-hybridized carbons (Fsp3) is 0.353. The van der Waals surface area contributed by atoms with Crippen LogP contribution in [0.1, 0.15) is 37.4 Å². The highest BCUT2D eigenvalue weighted by Gasteiger charge is 2.26. The first-order chi connectivity index (χ1) is 10.5. The molecule has 3 heterocycles. The average Bonchev–Trinajstić information content (AvgIpc) is 3.20. The van der Waals surface area contributed by atoms with E-state index in [9.17, 15) is 0 Å². The predicted octanol–water partition coefficient (Wildman–Crippen LogP) is 5.81. The SMILES string of the molecule is CC(C)(C)[C@@H](NCc1csc(-c2cccs2)n1)c1cccs1. The fourth-order valence-electron chi connectivity index (χ4n) is 2.40. The zero-order valence-electron chi connectivity index (χ0n) is 13.0. The molecule has 0 aliphatic rings. The van der Waals surface area contributed by atoms with E-state index in [-0.39, 0.29) is 5.41 Å². The van der Waals surface area contributed by atoms with Crippen molar-refractivity contribution in [2.75, 3.05) is 0 Å². The first-order valence-corrected chi connectivity index (χ1v) is 9.93. The quantitative estimate of drug-likeness (QED) is 0.629. The molecule has 0 saturated carbocycles. The molecule has 0 bridgehead atoms. The standard InChI is InChI=1S/C17H20N2S3/c1-17(2,3)15(13-6-4-8-20-13)18-10-12-11-22-16(19-12)14-7-5-9-21-14/h4-9,11,15,18H,10H2,1-3H3/t15-/m0/s1. The summed E-state index contributed by atoms with van der Waals surface area (Å²) in [6.07, 6.45) is 0. The van der Waals surface area contributed by atoms with Gasteiger partial charge in [-0.25, -0.2) is 4.98 Å². The summed E-state index contributed by atoms with van der Waals surface area (Å²) in [4.78, 5) is 7.40. The molecular weight excluding hydrogens is 328 g/mol. The summed E-state index contributed by atoms with van der Waals surface area (Å²) in [5.74, 6) is 0. The van der Waals surface area contributed by atoms with Crippen LogP contribution in [0.2, 0.25) is 0 Å². The van der Waals surface area contributed by atoms with Gasteiger partial charge < -0.3 is 5.32 Å². The second-order valence-corrected chi connectivity index (χ2v) is 9.10. The van der Waals surface area contributed by atoms with Gasteiger partial charge in [-0.1, -0.05) is 32.9 Å². The third kappa shape index (κ3) is 3.66. The summed E-state index contributed by atoms with van der Waals surface area (Å²) in [7, 11) is 0. The smallest absolute Gasteiger partial charge is 0.133 e. The largest absolute Gasteiger partial charge is 0.303 e. The molecule has 2 nitrogen and oxygen atoms in total. The minimum Gasteiger partial charge on any atom is -0.303 e. The Morgan fingerprint density at radius 2 is 1.86 bits per heavy atom. The molecule has 116 valence electrons. The summed E-state index contributed by atoms with van der Waals surface area (Å²) >= 11 is 5.29. The maximum absolute atomic E-state index is 4.76. The van der Waals surface area contributed by atoms with Crippen molar-refractivity contribution in [1.82, 2.24) is 10.3 Å². The van der Waals surface area contributed by atoms with Crippen LogP contribution in [0.15, 0.2) is 40.4 Å². The Bertz CT molecular complexity index is 691. The van der Waals surface area contributed by atoms with Crippen LogP contribution >= 0.6 is 34.0 Å². The molecule has 0 radical (unpaired) electrons. The van der Waals surface area contributed by atoms with Gasteiger partial charge in [0.15, 0.2) is 0 Å². The number of aromatic nitrogens is 1. The van der Waals surface area contributed by atoms with Crippen molar-refractivity contribution in [1.29, 1.82) is 0 Å². The lowest BCUT2D eigenvalue weighted by atomic mass is 9.86. The Morgan fingerprint density at radius 3 is 2.50 bits per heavy atom. The van der Waals surface area contributed by atoms with E-state index >= 15 is 0 Å². The number of rotatable bonds is 5. The highest BCUT2D eigenvalue weighted by molar-refractivity contribution is 7.20. The van der Waals surface area contributed by atoms with E-state index in [1.165, 1.54) is 9.75 Å². The molecule has 0 aromatic carbocycles. The lowest BCUT2D eigenvalue weighted by Gasteiger charge is -2.30. The molecule has 3 aromatic heterocycles. The molecule has 3 rings (SSSR count). The van der Waals surface area contributed by atoms with E-state index < -0.39 is 0 Å². The van der Waals surface area contributed by atoms with Crippen molar-refractivity contribution >= 4 is 34.0 Å². The Labute approximate surface area is 143 Å². The van der Waals surface area contributed by atoms with Crippen LogP contribution in [0.3, 0.4) is 0 Å². The number of thiazole rings is 1. The van der Waals surface area contributed by atoms with Gasteiger partial charge in [0.1, 0.15) is 5.01 Å². The third-order valence-corrected chi connectivity index (χ3v) is 6.33. The Kier molecular flexibility index (Phi) is 4.78. The highest BCUT2D eigenvalue weighted by Crippen LogP contribution is 2.35. The maximum Gasteiger partial charge on any atom is 0.133 e. The van der Waals surface area contributed by atoms with Crippen LogP contribution in [-0.4, -0.2) is 4.98 Å². The Balaban J connectivity index is 1.70. The normalized spacial score (nSPS) is 13.4. The van der Waals surface area contributed by atoms with E-state index in [1.807, 2.05) is 11.3 Å². The molecule has 0 fully saturated rings. The van der Waals surface area contributed by atoms with E-state index in [2.05, 4.69) is 66.5 Å². The summed E-state index contributed by atoms with van der Waals surface area (Å²) in [5, 5.41) is 11.2. The minimum absolute atomic E-state index is 0.178. The van der Waals surface area contributed by atoms with Crippen molar-refractivity contribution in [3.8, 4) is 9.88 Å². The molecule has 0 aliphatic heterocycles. The van der Waals surface area contributed by atoms with Gasteiger partial charge in [0.25, 0.3) is 0 Å². The van der Waals surface area contributed by atoms with Gasteiger partial charge in [0.2, 0.25) is 0 Å². The predicted molar refractivity (Wildman–Crippen MR) is 98.8 cm³/mol. The molecule has 5 heteroatoms. The third-order valence-electron chi connectivity index (χ3n) is 3.46. The molecule has 22 heavy (non-hydrogen) atoms. The highest BCUT2D eigenvalue weighted by atomic mass is 32.1. The van der Waals surface area contributed by atoms with E-state index in [1.54, 1.807) is 22.7 Å². The van der Waals surface area contributed by atoms with Crippen LogP contribution in [0, 0.1) is 5.41 Å². The molecule has 0 saturated heterocycles. The Morgan fingerprint density at radius 1 is 1.09 bits per heavy atom. The number of hydrogen-bond donors (Lipinski definition) is 1. The molecule has 0 unspecified atom stereocenters. The van der Waals surface area contributed by atoms with Crippen LogP contribution in [0.5, 0.6) is 0 Å². The zero-order chi connectivity index (χ0) is 15.6.